The molecule has 5 nitrogen and oxygen atoms in total. The Kier molecular flexibility index (Phi) is 7.13. The van der Waals surface area contributed by atoms with Gasteiger partial charge in [0.1, 0.15) is 30.5 Å². The Hall–Kier alpha value is -3.45. The van der Waals surface area contributed by atoms with Gasteiger partial charge in [0, 0.05) is 11.3 Å². The van der Waals surface area contributed by atoms with Crippen LogP contribution in [0.25, 0.3) is 0 Å². The van der Waals surface area contributed by atoms with Crippen molar-refractivity contribution in [2.24, 2.45) is 0 Å². The highest BCUT2D eigenvalue weighted by molar-refractivity contribution is 7.80. The normalized spacial score (nSPS) is 10.1. The van der Waals surface area contributed by atoms with E-state index in [9.17, 15) is 9.18 Å². The first-order valence-corrected chi connectivity index (χ1v) is 9.29. The van der Waals surface area contributed by atoms with Crippen molar-refractivity contribution in [3.05, 3.63) is 90.2 Å². The van der Waals surface area contributed by atoms with Crippen molar-refractivity contribution in [1.82, 2.24) is 5.32 Å². The largest absolute Gasteiger partial charge is 0.490 e. The molecule has 0 aliphatic rings. The van der Waals surface area contributed by atoms with E-state index in [0.717, 1.165) is 5.75 Å². The number of halogens is 1. The minimum atomic E-state index is -0.379. The molecule has 29 heavy (non-hydrogen) atoms. The summed E-state index contributed by atoms with van der Waals surface area (Å²) in [5.74, 6) is 0.588. The maximum atomic E-state index is 12.9. The van der Waals surface area contributed by atoms with Crippen LogP contribution in [0.2, 0.25) is 0 Å². The van der Waals surface area contributed by atoms with Crippen molar-refractivity contribution >= 4 is 28.9 Å². The topological polar surface area (TPSA) is 59.6 Å². The lowest BCUT2D eigenvalue weighted by molar-refractivity contribution is 0.0977. The predicted octanol–water partition coefficient (Wildman–Crippen LogP) is 4.41. The van der Waals surface area contributed by atoms with Crippen molar-refractivity contribution in [2.45, 2.75) is 0 Å². The summed E-state index contributed by atoms with van der Waals surface area (Å²) in [5, 5.41) is 5.52. The Bertz CT molecular complexity index is 965. The van der Waals surface area contributed by atoms with E-state index >= 15 is 0 Å². The molecule has 0 aliphatic carbocycles. The zero-order chi connectivity index (χ0) is 20.5. The van der Waals surface area contributed by atoms with Crippen molar-refractivity contribution in [2.75, 3.05) is 18.5 Å². The third kappa shape index (κ3) is 6.58. The second kappa shape index (κ2) is 10.2. The molecular weight excluding hydrogens is 391 g/mol. The first-order chi connectivity index (χ1) is 14.1. The van der Waals surface area contributed by atoms with Gasteiger partial charge in [-0.15, -0.1) is 0 Å². The van der Waals surface area contributed by atoms with E-state index in [1.165, 1.54) is 24.3 Å². The van der Waals surface area contributed by atoms with E-state index < -0.39 is 0 Å². The highest BCUT2D eigenvalue weighted by Crippen LogP contribution is 2.14. The molecule has 0 saturated carbocycles. The molecule has 3 aromatic rings. The summed E-state index contributed by atoms with van der Waals surface area (Å²) in [6, 6.07) is 21.9. The fourth-order valence-corrected chi connectivity index (χ4v) is 2.64. The number of nitrogens with one attached hydrogen (secondary N) is 2. The third-order valence-electron chi connectivity index (χ3n) is 3.79. The van der Waals surface area contributed by atoms with E-state index in [4.69, 9.17) is 21.7 Å². The predicted molar refractivity (Wildman–Crippen MR) is 114 cm³/mol. The molecule has 148 valence electrons. The van der Waals surface area contributed by atoms with Crippen molar-refractivity contribution in [3.8, 4) is 11.5 Å². The summed E-state index contributed by atoms with van der Waals surface area (Å²) in [7, 11) is 0. The van der Waals surface area contributed by atoms with Crippen LogP contribution >= 0.6 is 12.2 Å². The number of hydrogen-bond donors (Lipinski definition) is 2. The zero-order valence-corrected chi connectivity index (χ0v) is 16.2. The molecule has 0 atom stereocenters. The molecule has 2 N–H and O–H groups in total. The first-order valence-electron chi connectivity index (χ1n) is 8.89. The molecule has 0 bridgehead atoms. The maximum Gasteiger partial charge on any atom is 0.257 e. The van der Waals surface area contributed by atoms with Gasteiger partial charge in [-0.05, 0) is 66.8 Å². The van der Waals surface area contributed by atoms with Crippen LogP contribution in [-0.4, -0.2) is 24.2 Å². The summed E-state index contributed by atoms with van der Waals surface area (Å²) < 4.78 is 24.2. The van der Waals surface area contributed by atoms with Crippen LogP contribution in [0.4, 0.5) is 10.1 Å². The minimum Gasteiger partial charge on any atom is -0.490 e. The third-order valence-corrected chi connectivity index (χ3v) is 3.99. The van der Waals surface area contributed by atoms with Crippen molar-refractivity contribution in [3.63, 3.8) is 0 Å². The van der Waals surface area contributed by atoms with Crippen molar-refractivity contribution in [1.29, 1.82) is 0 Å². The van der Waals surface area contributed by atoms with Gasteiger partial charge in [0.25, 0.3) is 5.91 Å². The minimum absolute atomic E-state index is 0.115. The number of hydrogen-bond acceptors (Lipinski definition) is 4. The van der Waals surface area contributed by atoms with Crippen LogP contribution in [0.15, 0.2) is 78.9 Å². The molecule has 0 heterocycles. The van der Waals surface area contributed by atoms with Gasteiger partial charge in [0.15, 0.2) is 5.11 Å². The fourth-order valence-electron chi connectivity index (χ4n) is 2.43. The van der Waals surface area contributed by atoms with Gasteiger partial charge in [0.2, 0.25) is 0 Å². The second-order valence-corrected chi connectivity index (χ2v) is 6.36. The van der Waals surface area contributed by atoms with Crippen LogP contribution in [-0.2, 0) is 0 Å². The fraction of sp³-hybridized carbons (Fsp3) is 0.0909. The highest BCUT2D eigenvalue weighted by atomic mass is 32.1. The van der Waals surface area contributed by atoms with E-state index in [-0.39, 0.29) is 16.8 Å². The Balaban J connectivity index is 1.48. The molecule has 0 unspecified atom stereocenters. The van der Waals surface area contributed by atoms with E-state index in [2.05, 4.69) is 10.6 Å². The van der Waals surface area contributed by atoms with Gasteiger partial charge in [-0.3, -0.25) is 10.1 Å². The smallest absolute Gasteiger partial charge is 0.257 e. The molecule has 0 aliphatic heterocycles. The molecular formula is C22H19FN2O3S. The summed E-state index contributed by atoms with van der Waals surface area (Å²) in [6.45, 7) is 0.719. The van der Waals surface area contributed by atoms with Gasteiger partial charge < -0.3 is 14.8 Å². The molecule has 0 radical (unpaired) electrons. The average molecular weight is 410 g/mol. The highest BCUT2D eigenvalue weighted by Gasteiger charge is 2.09. The second-order valence-electron chi connectivity index (χ2n) is 5.95. The van der Waals surface area contributed by atoms with E-state index in [1.54, 1.807) is 24.3 Å². The monoisotopic (exact) mass is 410 g/mol. The molecule has 3 aromatic carbocycles. The van der Waals surface area contributed by atoms with Gasteiger partial charge >= 0.3 is 0 Å². The lowest BCUT2D eigenvalue weighted by Crippen LogP contribution is -2.34. The molecule has 0 saturated heterocycles. The van der Waals surface area contributed by atoms with Crippen LogP contribution < -0.4 is 20.1 Å². The molecule has 3 rings (SSSR count). The molecule has 0 spiro atoms. The van der Waals surface area contributed by atoms with Crippen LogP contribution in [0, 0.1) is 5.82 Å². The molecule has 0 aromatic heterocycles. The first kappa shape index (κ1) is 20.3. The number of ether oxygens (including phenoxy) is 2. The summed E-state index contributed by atoms with van der Waals surface area (Å²) in [4.78, 5) is 12.4. The summed E-state index contributed by atoms with van der Waals surface area (Å²) in [5.41, 5.74) is 0.974. The number of carbonyl (C=O) groups excluding carboxylic acids is 1. The lowest BCUT2D eigenvalue weighted by atomic mass is 10.2. The van der Waals surface area contributed by atoms with Gasteiger partial charge in [0.05, 0.1) is 0 Å². The summed E-state index contributed by atoms with van der Waals surface area (Å²) in [6.07, 6.45) is 0. The molecule has 0 fully saturated rings. The number of thiocarbonyl (C=S) groups is 1. The number of amides is 1. The standard InChI is InChI=1S/C22H19FN2O3S/c23-17-9-11-18(12-10-17)24-22(29)25-21(26)16-5-4-8-20(15-16)28-14-13-27-19-6-2-1-3-7-19/h1-12,15H,13-14H2,(H2,24,25,26,29). The maximum absolute atomic E-state index is 12.9. The average Bonchev–Trinajstić information content (AvgIpc) is 2.74. The lowest BCUT2D eigenvalue weighted by Gasteiger charge is -2.11. The number of carbonyl (C=O) groups is 1. The summed E-state index contributed by atoms with van der Waals surface area (Å²) >= 11 is 5.13. The van der Waals surface area contributed by atoms with Gasteiger partial charge in [-0.2, -0.15) is 0 Å². The Labute approximate surface area is 173 Å². The molecule has 1 amide bonds. The van der Waals surface area contributed by atoms with Gasteiger partial charge in [-0.25, -0.2) is 4.39 Å². The Morgan fingerprint density at radius 3 is 2.24 bits per heavy atom. The van der Waals surface area contributed by atoms with Crippen LogP contribution in [0.3, 0.4) is 0 Å². The quantitative estimate of drug-likeness (QED) is 0.446. The van der Waals surface area contributed by atoms with E-state index in [1.807, 2.05) is 30.3 Å². The SMILES string of the molecule is O=C(NC(=S)Nc1ccc(F)cc1)c1cccc(OCCOc2ccccc2)c1. The van der Waals surface area contributed by atoms with E-state index in [0.29, 0.717) is 30.2 Å². The number of anilines is 1. The Morgan fingerprint density at radius 2 is 1.52 bits per heavy atom. The molecule has 7 heteroatoms. The van der Waals surface area contributed by atoms with Crippen LogP contribution in [0.5, 0.6) is 11.5 Å². The van der Waals surface area contributed by atoms with Crippen LogP contribution in [0.1, 0.15) is 10.4 Å². The van der Waals surface area contributed by atoms with Crippen molar-refractivity contribution < 1.29 is 18.7 Å². The number of rotatable bonds is 7. The number of benzene rings is 3. The zero-order valence-electron chi connectivity index (χ0n) is 15.4. The Morgan fingerprint density at radius 1 is 0.862 bits per heavy atom. The van der Waals surface area contributed by atoms with Gasteiger partial charge in [-0.1, -0.05) is 24.3 Å². The number of para-hydroxylation sites is 1.